The van der Waals surface area contributed by atoms with Crippen molar-refractivity contribution in [3.63, 3.8) is 0 Å². The van der Waals surface area contributed by atoms with E-state index in [1.54, 1.807) is 7.11 Å². The van der Waals surface area contributed by atoms with Crippen molar-refractivity contribution in [2.75, 3.05) is 39.9 Å². The molecule has 146 valence electrons. The van der Waals surface area contributed by atoms with E-state index >= 15 is 0 Å². The Hall–Kier alpha value is -2.18. The molecule has 0 spiro atoms. The van der Waals surface area contributed by atoms with E-state index < -0.39 is 0 Å². The smallest absolute Gasteiger partial charge is 0.251 e. The van der Waals surface area contributed by atoms with Crippen LogP contribution in [0.4, 0.5) is 0 Å². The van der Waals surface area contributed by atoms with E-state index in [2.05, 4.69) is 22.2 Å². The van der Waals surface area contributed by atoms with Crippen LogP contribution in [0, 0.1) is 5.92 Å². The molecule has 1 aromatic carbocycles. The van der Waals surface area contributed by atoms with Crippen molar-refractivity contribution in [2.24, 2.45) is 13.0 Å². The van der Waals surface area contributed by atoms with Crippen molar-refractivity contribution >= 4 is 5.91 Å². The molecule has 1 aliphatic heterocycles. The molecule has 1 saturated heterocycles. The number of aromatic nitrogens is 2. The Morgan fingerprint density at radius 3 is 3.04 bits per heavy atom. The van der Waals surface area contributed by atoms with Gasteiger partial charge in [0, 0.05) is 50.6 Å². The molecular formula is C21H30N4O2. The number of amides is 1. The van der Waals surface area contributed by atoms with E-state index in [1.165, 1.54) is 5.69 Å². The maximum atomic E-state index is 12.6. The molecular weight excluding hydrogens is 340 g/mol. The summed E-state index contributed by atoms with van der Waals surface area (Å²) < 4.78 is 7.04. The van der Waals surface area contributed by atoms with Crippen molar-refractivity contribution in [3.05, 3.63) is 41.7 Å². The van der Waals surface area contributed by atoms with Gasteiger partial charge >= 0.3 is 0 Å². The number of rotatable bonds is 8. The van der Waals surface area contributed by atoms with Crippen LogP contribution in [0.3, 0.4) is 0 Å². The van der Waals surface area contributed by atoms with Gasteiger partial charge in [0.1, 0.15) is 0 Å². The fourth-order valence-electron chi connectivity index (χ4n) is 3.79. The second-order valence-corrected chi connectivity index (χ2v) is 7.22. The lowest BCUT2D eigenvalue weighted by atomic mass is 10.0. The second kappa shape index (κ2) is 9.15. The van der Waals surface area contributed by atoms with Gasteiger partial charge in [-0.15, -0.1) is 0 Å². The second-order valence-electron chi connectivity index (χ2n) is 7.22. The van der Waals surface area contributed by atoms with Crippen molar-refractivity contribution in [2.45, 2.75) is 19.8 Å². The predicted octanol–water partition coefficient (Wildman–Crippen LogP) is 2.35. The van der Waals surface area contributed by atoms with Crippen molar-refractivity contribution in [1.29, 1.82) is 0 Å². The van der Waals surface area contributed by atoms with Gasteiger partial charge < -0.3 is 15.0 Å². The van der Waals surface area contributed by atoms with Gasteiger partial charge in [-0.1, -0.05) is 19.1 Å². The van der Waals surface area contributed by atoms with E-state index in [0.29, 0.717) is 11.5 Å². The van der Waals surface area contributed by atoms with E-state index in [0.717, 1.165) is 56.8 Å². The first-order valence-corrected chi connectivity index (χ1v) is 9.73. The van der Waals surface area contributed by atoms with Crippen molar-refractivity contribution < 1.29 is 9.53 Å². The van der Waals surface area contributed by atoms with Gasteiger partial charge in [0.05, 0.1) is 12.8 Å². The molecule has 0 bridgehead atoms. The lowest BCUT2D eigenvalue weighted by Crippen LogP contribution is -2.31. The molecule has 3 rings (SSSR count). The average Bonchev–Trinajstić information content (AvgIpc) is 3.30. The molecule has 1 N–H and O–H groups in total. The Morgan fingerprint density at radius 2 is 2.26 bits per heavy atom. The molecule has 2 heterocycles. The number of hydrogen-bond acceptors (Lipinski definition) is 4. The quantitative estimate of drug-likeness (QED) is 0.775. The Kier molecular flexibility index (Phi) is 6.63. The van der Waals surface area contributed by atoms with Gasteiger partial charge in [0.15, 0.2) is 0 Å². The van der Waals surface area contributed by atoms with Gasteiger partial charge in [-0.25, -0.2) is 0 Å². The number of aryl methyl sites for hydroxylation is 1. The van der Waals surface area contributed by atoms with Gasteiger partial charge in [0.2, 0.25) is 0 Å². The Bertz CT molecular complexity index is 771. The molecule has 1 fully saturated rings. The third-order valence-electron chi connectivity index (χ3n) is 5.37. The van der Waals surface area contributed by atoms with Gasteiger partial charge in [-0.2, -0.15) is 5.10 Å². The zero-order valence-electron chi connectivity index (χ0n) is 16.6. The first kappa shape index (κ1) is 19.6. The minimum atomic E-state index is -0.00543. The standard InChI is InChI=1S/C21H30N4O2/c1-4-20-19(14-23-24(20)2)17-6-5-7-18(12-17)21(26)22-13-16-8-9-25(15-16)10-11-27-3/h5-7,12,14,16H,4,8-11,13,15H2,1-3H3,(H,22,26). The van der Waals surface area contributed by atoms with Crippen LogP contribution in [0.1, 0.15) is 29.4 Å². The Morgan fingerprint density at radius 1 is 1.41 bits per heavy atom. The molecule has 2 aromatic rings. The maximum absolute atomic E-state index is 12.6. The summed E-state index contributed by atoms with van der Waals surface area (Å²) in [5.41, 5.74) is 4.01. The summed E-state index contributed by atoms with van der Waals surface area (Å²) >= 11 is 0. The van der Waals surface area contributed by atoms with Crippen LogP contribution < -0.4 is 5.32 Å². The van der Waals surface area contributed by atoms with Gasteiger partial charge in [0.25, 0.3) is 5.91 Å². The minimum absolute atomic E-state index is 0.00543. The van der Waals surface area contributed by atoms with E-state index in [-0.39, 0.29) is 5.91 Å². The fourth-order valence-corrected chi connectivity index (χ4v) is 3.79. The molecule has 0 aliphatic carbocycles. The number of carbonyl (C=O) groups is 1. The number of nitrogens with one attached hydrogen (secondary N) is 1. The highest BCUT2D eigenvalue weighted by atomic mass is 16.5. The van der Waals surface area contributed by atoms with Crippen LogP contribution in [0.5, 0.6) is 0 Å². The van der Waals surface area contributed by atoms with Gasteiger partial charge in [-0.05, 0) is 43.0 Å². The first-order valence-electron chi connectivity index (χ1n) is 9.73. The topological polar surface area (TPSA) is 59.4 Å². The lowest BCUT2D eigenvalue weighted by molar-refractivity contribution is 0.0946. The Balaban J connectivity index is 1.59. The monoisotopic (exact) mass is 370 g/mol. The zero-order chi connectivity index (χ0) is 19.2. The molecule has 1 aromatic heterocycles. The molecule has 1 amide bonds. The summed E-state index contributed by atoms with van der Waals surface area (Å²) in [7, 11) is 3.69. The van der Waals surface area contributed by atoms with Crippen LogP contribution in [-0.4, -0.2) is 60.5 Å². The van der Waals surface area contributed by atoms with Crippen LogP contribution in [-0.2, 0) is 18.2 Å². The average molecular weight is 370 g/mol. The summed E-state index contributed by atoms with van der Waals surface area (Å²) in [5, 5.41) is 7.47. The summed E-state index contributed by atoms with van der Waals surface area (Å²) in [6.45, 7) is 6.68. The number of methoxy groups -OCH3 is 1. The molecule has 1 unspecified atom stereocenters. The molecule has 1 atom stereocenters. The lowest BCUT2D eigenvalue weighted by Gasteiger charge is -2.15. The third-order valence-corrected chi connectivity index (χ3v) is 5.37. The molecule has 0 radical (unpaired) electrons. The Labute approximate surface area is 161 Å². The van der Waals surface area contributed by atoms with E-state index in [1.807, 2.05) is 42.2 Å². The van der Waals surface area contributed by atoms with Crippen molar-refractivity contribution in [3.8, 4) is 11.1 Å². The zero-order valence-corrected chi connectivity index (χ0v) is 16.6. The van der Waals surface area contributed by atoms with Crippen molar-refractivity contribution in [1.82, 2.24) is 20.0 Å². The maximum Gasteiger partial charge on any atom is 0.251 e. The van der Waals surface area contributed by atoms with E-state index in [9.17, 15) is 4.79 Å². The number of nitrogens with zero attached hydrogens (tertiary/aromatic N) is 3. The fraction of sp³-hybridized carbons (Fsp3) is 0.524. The third kappa shape index (κ3) is 4.76. The number of hydrogen-bond donors (Lipinski definition) is 1. The highest BCUT2D eigenvalue weighted by Crippen LogP contribution is 2.24. The number of carbonyl (C=O) groups excluding carboxylic acids is 1. The van der Waals surface area contributed by atoms with Crippen LogP contribution in [0.2, 0.25) is 0 Å². The summed E-state index contributed by atoms with van der Waals surface area (Å²) in [6.07, 6.45) is 3.91. The highest BCUT2D eigenvalue weighted by molar-refractivity contribution is 5.95. The number of ether oxygens (including phenoxy) is 1. The molecule has 0 saturated carbocycles. The summed E-state index contributed by atoms with van der Waals surface area (Å²) in [6, 6.07) is 7.82. The van der Waals surface area contributed by atoms with Gasteiger partial charge in [-0.3, -0.25) is 9.48 Å². The normalized spacial score (nSPS) is 17.4. The summed E-state index contributed by atoms with van der Waals surface area (Å²) in [4.78, 5) is 15.0. The van der Waals surface area contributed by atoms with Crippen LogP contribution >= 0.6 is 0 Å². The molecule has 6 heteroatoms. The highest BCUT2D eigenvalue weighted by Gasteiger charge is 2.22. The number of likely N-dealkylation sites (tertiary alicyclic amines) is 1. The predicted molar refractivity (Wildman–Crippen MR) is 107 cm³/mol. The molecule has 6 nitrogen and oxygen atoms in total. The largest absolute Gasteiger partial charge is 0.383 e. The van der Waals surface area contributed by atoms with Crippen LogP contribution in [0.25, 0.3) is 11.1 Å². The minimum Gasteiger partial charge on any atom is -0.383 e. The van der Waals surface area contributed by atoms with E-state index in [4.69, 9.17) is 4.74 Å². The molecule has 27 heavy (non-hydrogen) atoms. The molecule has 1 aliphatic rings. The number of benzene rings is 1. The SMILES string of the molecule is CCc1c(-c2cccc(C(=O)NCC3CCN(CCOC)C3)c2)cnn1C. The first-order chi connectivity index (χ1) is 13.1. The summed E-state index contributed by atoms with van der Waals surface area (Å²) in [5.74, 6) is 0.508. The van der Waals surface area contributed by atoms with Crippen LogP contribution in [0.15, 0.2) is 30.5 Å².